The van der Waals surface area contributed by atoms with Crippen molar-refractivity contribution in [2.45, 2.75) is 12.8 Å². The van der Waals surface area contributed by atoms with E-state index in [-0.39, 0.29) is 17.7 Å². The van der Waals surface area contributed by atoms with E-state index in [1.807, 2.05) is 31.3 Å². The molecule has 1 atom stereocenters. The Morgan fingerprint density at radius 2 is 1.67 bits per heavy atom. The maximum Gasteiger partial charge on any atom is 0.253 e. The fourth-order valence-corrected chi connectivity index (χ4v) is 3.51. The van der Waals surface area contributed by atoms with Gasteiger partial charge in [0.05, 0.1) is 5.92 Å². The van der Waals surface area contributed by atoms with E-state index in [2.05, 4.69) is 9.80 Å². The summed E-state index contributed by atoms with van der Waals surface area (Å²) in [6.45, 7) is 4.55. The molecule has 2 aliphatic heterocycles. The number of amides is 2. The predicted molar refractivity (Wildman–Crippen MR) is 94.0 cm³/mol. The van der Waals surface area contributed by atoms with Crippen molar-refractivity contribution >= 4 is 17.5 Å². The number of hydrogen-bond acceptors (Lipinski definition) is 4. The van der Waals surface area contributed by atoms with Crippen LogP contribution in [0.4, 0.5) is 5.69 Å². The summed E-state index contributed by atoms with van der Waals surface area (Å²) < 4.78 is 0. The third kappa shape index (κ3) is 3.70. The molecule has 0 spiro atoms. The topological polar surface area (TPSA) is 69.9 Å². The highest BCUT2D eigenvalue weighted by Gasteiger charge is 2.28. The molecule has 1 unspecified atom stereocenters. The molecule has 2 aliphatic rings. The highest BCUT2D eigenvalue weighted by atomic mass is 16.2. The molecule has 0 bridgehead atoms. The van der Waals surface area contributed by atoms with E-state index in [1.54, 1.807) is 4.90 Å². The summed E-state index contributed by atoms with van der Waals surface area (Å²) in [5, 5.41) is 0. The van der Waals surface area contributed by atoms with Gasteiger partial charge in [0.1, 0.15) is 0 Å². The van der Waals surface area contributed by atoms with Gasteiger partial charge in [0, 0.05) is 50.5 Å². The van der Waals surface area contributed by atoms with Crippen LogP contribution < -0.4 is 10.6 Å². The summed E-state index contributed by atoms with van der Waals surface area (Å²) in [5.74, 6) is -0.680. The van der Waals surface area contributed by atoms with Crippen molar-refractivity contribution in [3.8, 4) is 0 Å². The van der Waals surface area contributed by atoms with Crippen LogP contribution in [-0.2, 0) is 4.79 Å². The molecule has 6 heteroatoms. The third-order valence-corrected chi connectivity index (χ3v) is 5.00. The fourth-order valence-electron chi connectivity index (χ4n) is 3.51. The maximum atomic E-state index is 12.8. The molecule has 2 amide bonds. The number of carbonyl (C=O) groups excluding carboxylic acids is 2. The largest absolute Gasteiger partial charge is 0.372 e. The van der Waals surface area contributed by atoms with Crippen LogP contribution in [0.25, 0.3) is 0 Å². The number of nitrogens with zero attached hydrogens (tertiary/aromatic N) is 3. The Kier molecular flexibility index (Phi) is 5.04. The van der Waals surface area contributed by atoms with Crippen LogP contribution in [0.15, 0.2) is 24.3 Å². The number of primary amides is 1. The Balaban J connectivity index is 1.71. The second-order valence-electron chi connectivity index (χ2n) is 6.85. The fraction of sp³-hybridized carbons (Fsp3) is 0.556. The van der Waals surface area contributed by atoms with Gasteiger partial charge in [-0.1, -0.05) is 0 Å². The lowest BCUT2D eigenvalue weighted by molar-refractivity contribution is -0.122. The summed E-state index contributed by atoms with van der Waals surface area (Å²) in [4.78, 5) is 30.6. The molecule has 0 saturated carbocycles. The molecule has 2 N–H and O–H groups in total. The van der Waals surface area contributed by atoms with Gasteiger partial charge in [-0.2, -0.15) is 0 Å². The van der Waals surface area contributed by atoms with E-state index in [0.717, 1.165) is 19.6 Å². The van der Waals surface area contributed by atoms with Gasteiger partial charge < -0.3 is 20.4 Å². The number of nitrogens with two attached hydrogens (primary N) is 1. The number of hydrogen-bond donors (Lipinski definition) is 1. The molecule has 2 fully saturated rings. The van der Waals surface area contributed by atoms with Crippen molar-refractivity contribution in [1.29, 1.82) is 0 Å². The number of carbonyl (C=O) groups is 2. The quantitative estimate of drug-likeness (QED) is 0.889. The molecule has 6 nitrogen and oxygen atoms in total. The van der Waals surface area contributed by atoms with Crippen LogP contribution in [0.1, 0.15) is 23.2 Å². The van der Waals surface area contributed by atoms with Crippen LogP contribution in [0.5, 0.6) is 0 Å². The summed E-state index contributed by atoms with van der Waals surface area (Å²) in [6, 6.07) is 7.83. The van der Waals surface area contributed by atoms with E-state index in [0.29, 0.717) is 25.2 Å². The van der Waals surface area contributed by atoms with Gasteiger partial charge in [-0.3, -0.25) is 9.59 Å². The second kappa shape index (κ2) is 7.21. The second-order valence-corrected chi connectivity index (χ2v) is 6.85. The van der Waals surface area contributed by atoms with Gasteiger partial charge in [-0.15, -0.1) is 0 Å². The third-order valence-electron chi connectivity index (χ3n) is 5.00. The first-order valence-corrected chi connectivity index (χ1v) is 8.67. The minimum absolute atomic E-state index is 0.0236. The van der Waals surface area contributed by atoms with Crippen LogP contribution in [-0.4, -0.2) is 67.9 Å². The van der Waals surface area contributed by atoms with Gasteiger partial charge in [0.15, 0.2) is 0 Å². The minimum Gasteiger partial charge on any atom is -0.372 e. The summed E-state index contributed by atoms with van der Waals surface area (Å²) >= 11 is 0. The molecule has 3 rings (SSSR count). The highest BCUT2D eigenvalue weighted by Crippen LogP contribution is 2.21. The van der Waals surface area contributed by atoms with Crippen molar-refractivity contribution < 1.29 is 9.59 Å². The summed E-state index contributed by atoms with van der Waals surface area (Å²) in [7, 11) is 1.95. The SMILES string of the molecule is CN1CCN(C(=O)c2ccc(N3CCCC3)cc2)CC(C(N)=O)C1. The summed E-state index contributed by atoms with van der Waals surface area (Å²) in [6.07, 6.45) is 2.47. The van der Waals surface area contributed by atoms with E-state index in [1.165, 1.54) is 18.5 Å². The Morgan fingerprint density at radius 1 is 1.00 bits per heavy atom. The number of benzene rings is 1. The van der Waals surface area contributed by atoms with Gasteiger partial charge >= 0.3 is 0 Å². The average molecular weight is 330 g/mol. The first kappa shape index (κ1) is 16.8. The van der Waals surface area contributed by atoms with Gasteiger partial charge in [-0.05, 0) is 44.2 Å². The van der Waals surface area contributed by atoms with E-state index in [4.69, 9.17) is 5.73 Å². The highest BCUT2D eigenvalue weighted by molar-refractivity contribution is 5.95. The zero-order valence-corrected chi connectivity index (χ0v) is 14.3. The molecule has 0 aliphatic carbocycles. The van der Waals surface area contributed by atoms with E-state index >= 15 is 0 Å². The number of anilines is 1. The van der Waals surface area contributed by atoms with E-state index in [9.17, 15) is 9.59 Å². The molecule has 0 aromatic heterocycles. The average Bonchev–Trinajstić information content (AvgIpc) is 3.04. The Bertz CT molecular complexity index is 596. The lowest BCUT2D eigenvalue weighted by atomic mass is 10.1. The Hall–Kier alpha value is -2.08. The lowest BCUT2D eigenvalue weighted by Crippen LogP contribution is -2.40. The minimum atomic E-state index is -0.342. The standard InChI is InChI=1S/C18H26N4O2/c1-20-10-11-22(13-15(12-20)17(19)23)18(24)14-4-6-16(7-5-14)21-8-2-3-9-21/h4-7,15H,2-3,8-13H2,1H3,(H2,19,23). The van der Waals surface area contributed by atoms with Crippen LogP contribution >= 0.6 is 0 Å². The first-order valence-electron chi connectivity index (χ1n) is 8.67. The Labute approximate surface area is 143 Å². The van der Waals surface area contributed by atoms with Crippen molar-refractivity contribution in [2.24, 2.45) is 11.7 Å². The van der Waals surface area contributed by atoms with Crippen molar-refractivity contribution in [1.82, 2.24) is 9.80 Å². The maximum absolute atomic E-state index is 12.8. The predicted octanol–water partition coefficient (Wildman–Crippen LogP) is 0.776. The van der Waals surface area contributed by atoms with Gasteiger partial charge in [0.2, 0.25) is 5.91 Å². The molecule has 0 radical (unpaired) electrons. The summed E-state index contributed by atoms with van der Waals surface area (Å²) in [5.41, 5.74) is 7.33. The molecule has 1 aromatic carbocycles. The van der Waals surface area contributed by atoms with Crippen molar-refractivity contribution in [3.63, 3.8) is 0 Å². The molecular formula is C18H26N4O2. The van der Waals surface area contributed by atoms with Gasteiger partial charge in [0.25, 0.3) is 5.91 Å². The zero-order valence-electron chi connectivity index (χ0n) is 14.3. The molecule has 2 saturated heterocycles. The van der Waals surface area contributed by atoms with Crippen LogP contribution in [0.2, 0.25) is 0 Å². The normalized spacial score (nSPS) is 22.5. The van der Waals surface area contributed by atoms with E-state index < -0.39 is 0 Å². The lowest BCUT2D eigenvalue weighted by Gasteiger charge is -2.23. The first-order chi connectivity index (χ1) is 11.5. The molecule has 1 aromatic rings. The van der Waals surface area contributed by atoms with Crippen LogP contribution in [0, 0.1) is 5.92 Å². The Morgan fingerprint density at radius 3 is 2.29 bits per heavy atom. The van der Waals surface area contributed by atoms with Crippen molar-refractivity contribution in [3.05, 3.63) is 29.8 Å². The van der Waals surface area contributed by atoms with Crippen LogP contribution in [0.3, 0.4) is 0 Å². The molecule has 2 heterocycles. The smallest absolute Gasteiger partial charge is 0.253 e. The monoisotopic (exact) mass is 330 g/mol. The molecular weight excluding hydrogens is 304 g/mol. The van der Waals surface area contributed by atoms with Crippen molar-refractivity contribution in [2.75, 3.05) is 51.2 Å². The zero-order chi connectivity index (χ0) is 17.1. The number of likely N-dealkylation sites (N-methyl/N-ethyl adjacent to an activating group) is 1. The molecule has 130 valence electrons. The van der Waals surface area contributed by atoms with Gasteiger partial charge in [-0.25, -0.2) is 0 Å². The number of rotatable bonds is 3. The molecule has 24 heavy (non-hydrogen) atoms.